The second kappa shape index (κ2) is 63.3. The van der Waals surface area contributed by atoms with Gasteiger partial charge in [0.1, 0.15) is 13.2 Å². The lowest BCUT2D eigenvalue weighted by Crippen LogP contribution is -2.30. The molecule has 6 heteroatoms. The van der Waals surface area contributed by atoms with Gasteiger partial charge < -0.3 is 14.2 Å². The highest BCUT2D eigenvalue weighted by molar-refractivity contribution is 5.71. The molecule has 0 heterocycles. The number of esters is 3. The zero-order valence-corrected chi connectivity index (χ0v) is 49.1. The average Bonchev–Trinajstić information content (AvgIpc) is 3.43. The van der Waals surface area contributed by atoms with Crippen molar-refractivity contribution in [3.8, 4) is 0 Å². The van der Waals surface area contributed by atoms with E-state index in [9.17, 15) is 14.4 Å². The normalized spacial score (nSPS) is 13.3. The summed E-state index contributed by atoms with van der Waals surface area (Å²) < 4.78 is 16.7. The van der Waals surface area contributed by atoms with Crippen LogP contribution in [0.3, 0.4) is 0 Å². The highest BCUT2D eigenvalue weighted by Gasteiger charge is 2.19. The summed E-state index contributed by atoms with van der Waals surface area (Å²) in [5.41, 5.74) is 0. The van der Waals surface area contributed by atoms with Crippen molar-refractivity contribution in [2.24, 2.45) is 0 Å². The van der Waals surface area contributed by atoms with E-state index < -0.39 is 6.10 Å². The minimum Gasteiger partial charge on any atom is -0.462 e. The Balaban J connectivity index is 4.18. The Bertz CT molecular complexity index is 1790. The highest BCUT2D eigenvalue weighted by Crippen LogP contribution is 2.13. The molecule has 1 unspecified atom stereocenters. The van der Waals surface area contributed by atoms with Crippen LogP contribution in [0.5, 0.6) is 0 Å². The van der Waals surface area contributed by atoms with E-state index in [4.69, 9.17) is 14.2 Å². The van der Waals surface area contributed by atoms with Gasteiger partial charge in [-0.2, -0.15) is 0 Å². The molecule has 0 N–H and O–H groups in total. The third-order valence-electron chi connectivity index (χ3n) is 12.2. The summed E-state index contributed by atoms with van der Waals surface area (Å²) in [6.45, 7) is 6.26. The van der Waals surface area contributed by atoms with Gasteiger partial charge in [-0.3, -0.25) is 14.4 Å². The van der Waals surface area contributed by atoms with Crippen LogP contribution >= 0.6 is 0 Å². The standard InChI is InChI=1S/C71H110O6/c1-4-7-10-13-15-17-19-21-23-25-27-29-30-31-32-33-34-35-36-37-38-39-40-42-43-45-47-49-51-53-55-58-61-64-70(73)76-67-68(66-75-69(72)63-60-57-12-9-6-3)77-71(74)65-62-59-56-54-52-50-48-46-44-41-28-26-24-22-20-18-16-14-11-8-5-2/h7-8,10-11,15-18,21-24,27-29,31-32,34-35,37-38,40-42,46,48,52,54,68H,4-6,9,12-14,19-20,25-26,30,33,36,39,43-45,47,49-51,53,55-67H2,1-3H3/b10-7-,11-8-,17-15-,18-16-,23-21-,24-22-,29-27-,32-31-,35-34-,38-37-,41-28-,42-40-,48-46-,54-52-. The minimum atomic E-state index is -0.809. The molecular formula is C71H110O6. The molecule has 0 aliphatic heterocycles. The van der Waals surface area contributed by atoms with E-state index in [-0.39, 0.29) is 37.5 Å². The molecule has 1 atom stereocenters. The Morgan fingerprint density at radius 2 is 0.506 bits per heavy atom. The average molecular weight is 1060 g/mol. The maximum atomic E-state index is 12.8. The Kier molecular flexibility index (Phi) is 59.0. The van der Waals surface area contributed by atoms with Gasteiger partial charge in [-0.25, -0.2) is 0 Å². The second-order valence-corrected chi connectivity index (χ2v) is 19.5. The van der Waals surface area contributed by atoms with Gasteiger partial charge in [-0.15, -0.1) is 0 Å². The Hall–Kier alpha value is -5.23. The van der Waals surface area contributed by atoms with Crippen LogP contribution in [0.4, 0.5) is 0 Å². The molecule has 0 amide bonds. The zero-order chi connectivity index (χ0) is 55.7. The van der Waals surface area contributed by atoms with Crippen LogP contribution in [0.1, 0.15) is 239 Å². The van der Waals surface area contributed by atoms with Crippen molar-refractivity contribution < 1.29 is 28.6 Å². The monoisotopic (exact) mass is 1060 g/mol. The summed E-state index contributed by atoms with van der Waals surface area (Å²) in [4.78, 5) is 37.9. The third-order valence-corrected chi connectivity index (χ3v) is 12.2. The van der Waals surface area contributed by atoms with Crippen LogP contribution in [-0.4, -0.2) is 37.2 Å². The van der Waals surface area contributed by atoms with Crippen LogP contribution in [0, 0.1) is 0 Å². The van der Waals surface area contributed by atoms with Crippen LogP contribution < -0.4 is 0 Å². The molecule has 0 spiro atoms. The van der Waals surface area contributed by atoms with E-state index in [1.807, 2.05) is 0 Å². The predicted molar refractivity (Wildman–Crippen MR) is 334 cm³/mol. The van der Waals surface area contributed by atoms with Crippen molar-refractivity contribution in [1.29, 1.82) is 0 Å². The maximum Gasteiger partial charge on any atom is 0.306 e. The lowest BCUT2D eigenvalue weighted by atomic mass is 10.1. The fraction of sp³-hybridized carbons (Fsp3) is 0.563. The number of ether oxygens (including phenoxy) is 3. The van der Waals surface area contributed by atoms with E-state index in [2.05, 4.69) is 191 Å². The van der Waals surface area contributed by atoms with Gasteiger partial charge in [-0.05, 0) is 135 Å². The molecule has 0 aromatic heterocycles. The molecular weight excluding hydrogens is 949 g/mol. The summed E-state index contributed by atoms with van der Waals surface area (Å²) in [5.74, 6) is -0.982. The lowest BCUT2D eigenvalue weighted by molar-refractivity contribution is -0.167. The molecule has 0 radical (unpaired) electrons. The molecule has 6 nitrogen and oxygen atoms in total. The van der Waals surface area contributed by atoms with Gasteiger partial charge in [0.2, 0.25) is 0 Å². The van der Waals surface area contributed by atoms with Crippen molar-refractivity contribution in [1.82, 2.24) is 0 Å². The van der Waals surface area contributed by atoms with E-state index in [0.29, 0.717) is 19.3 Å². The molecule has 0 aliphatic carbocycles. The Morgan fingerprint density at radius 1 is 0.273 bits per heavy atom. The first kappa shape index (κ1) is 71.8. The summed E-state index contributed by atoms with van der Waals surface area (Å²) in [5, 5.41) is 0. The number of unbranched alkanes of at least 4 members (excludes halogenated alkanes) is 14. The first-order valence-corrected chi connectivity index (χ1v) is 30.6. The molecule has 0 saturated carbocycles. The number of carbonyl (C=O) groups is 3. The molecule has 0 fully saturated rings. The molecule has 77 heavy (non-hydrogen) atoms. The molecule has 0 bridgehead atoms. The van der Waals surface area contributed by atoms with E-state index in [1.165, 1.54) is 32.1 Å². The third kappa shape index (κ3) is 61.5. The number of hydrogen-bond donors (Lipinski definition) is 0. The molecule has 0 rings (SSSR count). The van der Waals surface area contributed by atoms with Crippen LogP contribution in [0.15, 0.2) is 170 Å². The SMILES string of the molecule is CC/C=C\C/C=C\C/C=C\C/C=C\C/C=C\C/C=C\C/C=C\C/C=C\CCCCCCCCCCC(=O)OCC(COC(=O)CCCCCCC)OC(=O)CCCC/C=C\C/C=C\C/C=C\C/C=C\C/C=C\C/C=C\CC. The van der Waals surface area contributed by atoms with Crippen LogP contribution in [-0.2, 0) is 28.6 Å². The van der Waals surface area contributed by atoms with Gasteiger partial charge in [0.15, 0.2) is 6.10 Å². The topological polar surface area (TPSA) is 78.9 Å². The minimum absolute atomic E-state index is 0.106. The van der Waals surface area contributed by atoms with Crippen molar-refractivity contribution in [2.45, 2.75) is 245 Å². The fourth-order valence-electron chi connectivity index (χ4n) is 7.69. The lowest BCUT2D eigenvalue weighted by Gasteiger charge is -2.18. The van der Waals surface area contributed by atoms with Gasteiger partial charge in [0, 0.05) is 19.3 Å². The summed E-state index contributed by atoms with van der Waals surface area (Å²) in [6.07, 6.45) is 94.0. The van der Waals surface area contributed by atoms with Crippen molar-refractivity contribution in [2.75, 3.05) is 13.2 Å². The number of allylic oxidation sites excluding steroid dienone is 28. The molecule has 0 aromatic carbocycles. The molecule has 0 aliphatic rings. The first-order chi connectivity index (χ1) is 38.0. The zero-order valence-electron chi connectivity index (χ0n) is 49.1. The van der Waals surface area contributed by atoms with E-state index >= 15 is 0 Å². The fourth-order valence-corrected chi connectivity index (χ4v) is 7.69. The quantitative estimate of drug-likeness (QED) is 0.0261. The Labute approximate surface area is 472 Å². The van der Waals surface area contributed by atoms with Gasteiger partial charge in [0.25, 0.3) is 0 Å². The van der Waals surface area contributed by atoms with Crippen LogP contribution in [0.2, 0.25) is 0 Å². The number of rotatable bonds is 53. The second-order valence-electron chi connectivity index (χ2n) is 19.5. The number of hydrogen-bond acceptors (Lipinski definition) is 6. The first-order valence-electron chi connectivity index (χ1n) is 30.6. The smallest absolute Gasteiger partial charge is 0.306 e. The Morgan fingerprint density at radius 3 is 0.818 bits per heavy atom. The summed E-state index contributed by atoms with van der Waals surface area (Å²) in [6, 6.07) is 0. The summed E-state index contributed by atoms with van der Waals surface area (Å²) in [7, 11) is 0. The van der Waals surface area contributed by atoms with Gasteiger partial charge in [0.05, 0.1) is 0 Å². The highest BCUT2D eigenvalue weighted by atomic mass is 16.6. The summed E-state index contributed by atoms with van der Waals surface area (Å²) >= 11 is 0. The van der Waals surface area contributed by atoms with Crippen molar-refractivity contribution in [3.05, 3.63) is 170 Å². The number of carbonyl (C=O) groups excluding carboxylic acids is 3. The molecule has 0 saturated heterocycles. The van der Waals surface area contributed by atoms with E-state index in [0.717, 1.165) is 161 Å². The van der Waals surface area contributed by atoms with Crippen LogP contribution in [0.25, 0.3) is 0 Å². The predicted octanol–water partition coefficient (Wildman–Crippen LogP) is 21.1. The molecule has 0 aromatic rings. The largest absolute Gasteiger partial charge is 0.462 e. The van der Waals surface area contributed by atoms with E-state index in [1.54, 1.807) is 0 Å². The van der Waals surface area contributed by atoms with Crippen molar-refractivity contribution in [3.63, 3.8) is 0 Å². The molecule has 430 valence electrons. The van der Waals surface area contributed by atoms with Gasteiger partial charge >= 0.3 is 17.9 Å². The van der Waals surface area contributed by atoms with Crippen molar-refractivity contribution >= 4 is 17.9 Å². The maximum absolute atomic E-state index is 12.8. The van der Waals surface area contributed by atoms with Gasteiger partial charge in [-0.1, -0.05) is 255 Å².